The number of hydrogen-bond acceptors (Lipinski definition) is 2. The third-order valence-electron chi connectivity index (χ3n) is 1.84. The van der Waals surface area contributed by atoms with Crippen molar-refractivity contribution in [3.05, 3.63) is 20.8 Å². The van der Waals surface area contributed by atoms with Crippen molar-refractivity contribution < 1.29 is 8.78 Å². The molecule has 0 bridgehead atoms. The molecule has 2 N–H and O–H groups in total. The maximum atomic E-state index is 12.5. The van der Waals surface area contributed by atoms with Crippen LogP contribution in [0.4, 0.5) is 8.78 Å². The summed E-state index contributed by atoms with van der Waals surface area (Å²) in [5.74, 6) is 0. The molecule has 13 heavy (non-hydrogen) atoms. The molecule has 1 atom stereocenters. The summed E-state index contributed by atoms with van der Waals surface area (Å²) in [5, 5.41) is 2.08. The van der Waals surface area contributed by atoms with Gasteiger partial charge in [-0.15, -0.1) is 11.3 Å². The minimum absolute atomic E-state index is 0.349. The molecule has 0 aliphatic rings. The van der Waals surface area contributed by atoms with E-state index in [0.717, 1.165) is 5.56 Å². The zero-order chi connectivity index (χ0) is 10.2. The van der Waals surface area contributed by atoms with Gasteiger partial charge in [0, 0.05) is 4.88 Å². The SMILES string of the molecule is Cc1csc(C(C)(N)C(F)F)c1Cl. The van der Waals surface area contributed by atoms with Gasteiger partial charge in [-0.05, 0) is 24.8 Å². The van der Waals surface area contributed by atoms with Crippen LogP contribution in [0.2, 0.25) is 5.02 Å². The first-order chi connectivity index (χ1) is 5.87. The molecule has 0 saturated carbocycles. The van der Waals surface area contributed by atoms with Crippen molar-refractivity contribution in [2.75, 3.05) is 0 Å². The summed E-state index contributed by atoms with van der Waals surface area (Å²) in [7, 11) is 0. The van der Waals surface area contributed by atoms with E-state index < -0.39 is 12.0 Å². The summed E-state index contributed by atoms with van der Waals surface area (Å²) in [6.07, 6.45) is -2.61. The lowest BCUT2D eigenvalue weighted by molar-refractivity contribution is 0.0645. The molecule has 0 spiro atoms. The van der Waals surface area contributed by atoms with Gasteiger partial charge >= 0.3 is 0 Å². The number of alkyl halides is 2. The molecule has 0 aromatic carbocycles. The highest BCUT2D eigenvalue weighted by molar-refractivity contribution is 7.11. The van der Waals surface area contributed by atoms with Crippen molar-refractivity contribution in [1.82, 2.24) is 0 Å². The lowest BCUT2D eigenvalue weighted by Gasteiger charge is -2.22. The van der Waals surface area contributed by atoms with Gasteiger partial charge in [-0.1, -0.05) is 11.6 Å². The number of halogens is 3. The summed E-state index contributed by atoms with van der Waals surface area (Å²) in [4.78, 5) is 0.349. The molecule has 0 radical (unpaired) electrons. The molecule has 0 saturated heterocycles. The molecular formula is C8H10ClF2NS. The van der Waals surface area contributed by atoms with Crippen LogP contribution in [0.5, 0.6) is 0 Å². The van der Waals surface area contributed by atoms with Crippen molar-refractivity contribution in [1.29, 1.82) is 0 Å². The van der Waals surface area contributed by atoms with E-state index in [2.05, 4.69) is 0 Å². The van der Waals surface area contributed by atoms with Crippen LogP contribution in [-0.2, 0) is 5.54 Å². The van der Waals surface area contributed by atoms with Crippen molar-refractivity contribution in [3.63, 3.8) is 0 Å². The Morgan fingerprint density at radius 2 is 2.15 bits per heavy atom. The van der Waals surface area contributed by atoms with Gasteiger partial charge in [0.2, 0.25) is 0 Å². The molecule has 0 aliphatic heterocycles. The molecule has 0 amide bonds. The second-order valence-electron chi connectivity index (χ2n) is 3.15. The second-order valence-corrected chi connectivity index (χ2v) is 4.40. The van der Waals surface area contributed by atoms with Crippen LogP contribution in [0.3, 0.4) is 0 Å². The number of thiophene rings is 1. The highest BCUT2D eigenvalue weighted by Gasteiger charge is 2.35. The Hall–Kier alpha value is -0.190. The van der Waals surface area contributed by atoms with Gasteiger partial charge in [0.15, 0.2) is 0 Å². The van der Waals surface area contributed by atoms with Gasteiger partial charge < -0.3 is 5.73 Å². The Bertz CT molecular complexity index is 309. The van der Waals surface area contributed by atoms with Gasteiger partial charge in [-0.25, -0.2) is 8.78 Å². The molecule has 1 aromatic rings. The van der Waals surface area contributed by atoms with Crippen LogP contribution in [0, 0.1) is 6.92 Å². The van der Waals surface area contributed by atoms with Crippen molar-refractivity contribution in [3.8, 4) is 0 Å². The second kappa shape index (κ2) is 3.52. The Kier molecular flexibility index (Phi) is 2.95. The van der Waals surface area contributed by atoms with Crippen LogP contribution in [0.15, 0.2) is 5.38 Å². The summed E-state index contributed by atoms with van der Waals surface area (Å²) in [6, 6.07) is 0. The minimum Gasteiger partial charge on any atom is -0.316 e. The molecule has 5 heteroatoms. The third kappa shape index (κ3) is 1.85. The summed E-state index contributed by atoms with van der Waals surface area (Å²) in [6.45, 7) is 3.05. The maximum absolute atomic E-state index is 12.5. The van der Waals surface area contributed by atoms with Crippen LogP contribution in [0.25, 0.3) is 0 Å². The average Bonchev–Trinajstić information content (AvgIpc) is 2.33. The molecule has 0 fully saturated rings. The summed E-state index contributed by atoms with van der Waals surface area (Å²) in [5.41, 5.74) is 4.62. The minimum atomic E-state index is -2.61. The zero-order valence-electron chi connectivity index (χ0n) is 7.27. The first-order valence-corrected chi connectivity index (χ1v) is 4.94. The van der Waals surface area contributed by atoms with E-state index >= 15 is 0 Å². The van der Waals surface area contributed by atoms with Crippen molar-refractivity contribution >= 4 is 22.9 Å². The topological polar surface area (TPSA) is 26.0 Å². The fourth-order valence-electron chi connectivity index (χ4n) is 0.892. The molecule has 1 nitrogen and oxygen atoms in total. The van der Waals surface area contributed by atoms with Crippen LogP contribution in [-0.4, -0.2) is 6.43 Å². The Morgan fingerprint density at radius 1 is 1.62 bits per heavy atom. The first kappa shape index (κ1) is 10.9. The van der Waals surface area contributed by atoms with Crippen LogP contribution < -0.4 is 5.73 Å². The fourth-order valence-corrected chi connectivity index (χ4v) is 2.37. The Balaban J connectivity index is 3.14. The van der Waals surface area contributed by atoms with Gasteiger partial charge in [-0.2, -0.15) is 0 Å². The summed E-state index contributed by atoms with van der Waals surface area (Å²) < 4.78 is 25.0. The fraction of sp³-hybridized carbons (Fsp3) is 0.500. The lowest BCUT2D eigenvalue weighted by atomic mass is 10.0. The van der Waals surface area contributed by atoms with E-state index in [1.54, 1.807) is 12.3 Å². The molecule has 74 valence electrons. The predicted octanol–water partition coefficient (Wildman–Crippen LogP) is 3.15. The van der Waals surface area contributed by atoms with E-state index in [9.17, 15) is 8.78 Å². The number of hydrogen-bond donors (Lipinski definition) is 1. The molecule has 0 aliphatic carbocycles. The number of aryl methyl sites for hydroxylation is 1. The maximum Gasteiger partial charge on any atom is 0.260 e. The molecular weight excluding hydrogens is 216 g/mol. The van der Waals surface area contributed by atoms with E-state index in [1.165, 1.54) is 18.3 Å². The average molecular weight is 226 g/mol. The highest BCUT2D eigenvalue weighted by Crippen LogP contribution is 2.37. The smallest absolute Gasteiger partial charge is 0.260 e. The number of nitrogens with two attached hydrogens (primary N) is 1. The predicted molar refractivity (Wildman–Crippen MR) is 51.6 cm³/mol. The Morgan fingerprint density at radius 3 is 2.46 bits per heavy atom. The third-order valence-corrected chi connectivity index (χ3v) is 3.79. The zero-order valence-corrected chi connectivity index (χ0v) is 8.85. The van der Waals surface area contributed by atoms with E-state index in [4.69, 9.17) is 17.3 Å². The number of rotatable bonds is 2. The van der Waals surface area contributed by atoms with Gasteiger partial charge in [0.1, 0.15) is 5.54 Å². The molecule has 1 unspecified atom stereocenters. The van der Waals surface area contributed by atoms with E-state index in [0.29, 0.717) is 9.90 Å². The monoisotopic (exact) mass is 225 g/mol. The molecule has 1 aromatic heterocycles. The largest absolute Gasteiger partial charge is 0.316 e. The normalized spacial score (nSPS) is 16.2. The van der Waals surface area contributed by atoms with Gasteiger partial charge in [0.05, 0.1) is 5.02 Å². The van der Waals surface area contributed by atoms with E-state index in [1.807, 2.05) is 0 Å². The lowest BCUT2D eigenvalue weighted by Crippen LogP contribution is -2.40. The van der Waals surface area contributed by atoms with Gasteiger partial charge in [-0.3, -0.25) is 0 Å². The van der Waals surface area contributed by atoms with Crippen molar-refractivity contribution in [2.45, 2.75) is 25.8 Å². The summed E-state index contributed by atoms with van der Waals surface area (Å²) >= 11 is 7.01. The van der Waals surface area contributed by atoms with Crippen LogP contribution >= 0.6 is 22.9 Å². The Labute approximate surface area is 84.5 Å². The first-order valence-electron chi connectivity index (χ1n) is 3.68. The van der Waals surface area contributed by atoms with Gasteiger partial charge in [0.25, 0.3) is 6.43 Å². The van der Waals surface area contributed by atoms with Crippen molar-refractivity contribution in [2.24, 2.45) is 5.73 Å². The van der Waals surface area contributed by atoms with E-state index in [-0.39, 0.29) is 0 Å². The van der Waals surface area contributed by atoms with Crippen LogP contribution in [0.1, 0.15) is 17.4 Å². The highest BCUT2D eigenvalue weighted by atomic mass is 35.5. The standard InChI is InChI=1S/C8H10ClF2NS/c1-4-3-13-6(5(4)9)8(2,12)7(10)11/h3,7H,12H2,1-2H3. The quantitative estimate of drug-likeness (QED) is 0.822. The molecule has 1 heterocycles. The molecule has 1 rings (SSSR count).